The Morgan fingerprint density at radius 3 is 2.73 bits per heavy atom. The summed E-state index contributed by atoms with van der Waals surface area (Å²) in [6.45, 7) is 0.448. The zero-order chi connectivity index (χ0) is 23.4. The minimum atomic E-state index is -0.303. The summed E-state index contributed by atoms with van der Waals surface area (Å²) >= 11 is 0. The highest BCUT2D eigenvalue weighted by molar-refractivity contribution is 5.94. The molecule has 172 valence electrons. The summed E-state index contributed by atoms with van der Waals surface area (Å²) in [6, 6.07) is 8.05. The van der Waals surface area contributed by atoms with Crippen LogP contribution in [0.25, 0.3) is 0 Å². The summed E-state index contributed by atoms with van der Waals surface area (Å²) in [6.07, 6.45) is 7.44. The third-order valence-electron chi connectivity index (χ3n) is 6.63. The van der Waals surface area contributed by atoms with Crippen LogP contribution < -0.4 is 5.32 Å². The van der Waals surface area contributed by atoms with Gasteiger partial charge in [-0.05, 0) is 73.4 Å². The summed E-state index contributed by atoms with van der Waals surface area (Å²) in [5.41, 5.74) is 2.25. The highest BCUT2D eigenvalue weighted by atomic mass is 19.1. The number of aromatic nitrogens is 1. The maximum Gasteiger partial charge on any atom is 0.251 e. The smallest absolute Gasteiger partial charge is 0.251 e. The van der Waals surface area contributed by atoms with Gasteiger partial charge in [0.05, 0.1) is 18.2 Å². The van der Waals surface area contributed by atoms with Gasteiger partial charge >= 0.3 is 0 Å². The molecule has 0 radical (unpaired) electrons. The van der Waals surface area contributed by atoms with Gasteiger partial charge in [0.15, 0.2) is 0 Å². The van der Waals surface area contributed by atoms with Crippen molar-refractivity contribution in [1.29, 1.82) is 5.26 Å². The maximum absolute atomic E-state index is 14.3. The Bertz CT molecular complexity index is 1080. The van der Waals surface area contributed by atoms with Crippen molar-refractivity contribution in [2.24, 2.45) is 11.8 Å². The molecule has 0 bridgehead atoms. The summed E-state index contributed by atoms with van der Waals surface area (Å²) in [7, 11) is 1.55. The van der Waals surface area contributed by atoms with E-state index >= 15 is 0 Å². The first-order valence-corrected chi connectivity index (χ1v) is 11.3. The number of amides is 2. The first kappa shape index (κ1) is 22.9. The molecule has 2 aliphatic rings. The normalized spacial score (nSPS) is 22.6. The van der Waals surface area contributed by atoms with E-state index in [2.05, 4.69) is 16.4 Å². The fourth-order valence-corrected chi connectivity index (χ4v) is 4.81. The molecule has 1 aliphatic carbocycles. The predicted octanol–water partition coefficient (Wildman–Crippen LogP) is 3.71. The zero-order valence-corrected chi connectivity index (χ0v) is 18.6. The molecule has 1 N–H and O–H groups in total. The van der Waals surface area contributed by atoms with E-state index in [4.69, 9.17) is 10.1 Å². The SMILES string of the molecule is CNC(=O)c1ccc(F)c(CC2CCC(C(=O)N3OCC[C@H]3c3cncc(C#N)c3)CC2)c1. The molecule has 33 heavy (non-hydrogen) atoms. The second-order valence-electron chi connectivity index (χ2n) is 8.73. The van der Waals surface area contributed by atoms with Gasteiger partial charge < -0.3 is 5.32 Å². The summed E-state index contributed by atoms with van der Waals surface area (Å²) in [5, 5.41) is 13.2. The highest BCUT2D eigenvalue weighted by Crippen LogP contribution is 2.37. The number of halogens is 1. The van der Waals surface area contributed by atoms with Crippen LogP contribution in [-0.4, -0.2) is 35.5 Å². The van der Waals surface area contributed by atoms with Crippen LogP contribution >= 0.6 is 0 Å². The number of hydrogen-bond donors (Lipinski definition) is 1. The number of pyridine rings is 1. The Kier molecular flexibility index (Phi) is 6.99. The molecular formula is C25H27FN4O3. The molecule has 2 amide bonds. The van der Waals surface area contributed by atoms with Crippen LogP contribution in [0.5, 0.6) is 0 Å². The second-order valence-corrected chi connectivity index (χ2v) is 8.73. The molecule has 2 fully saturated rings. The Labute approximate surface area is 192 Å². The molecule has 1 saturated carbocycles. The Morgan fingerprint density at radius 2 is 2.00 bits per heavy atom. The van der Waals surface area contributed by atoms with E-state index in [0.29, 0.717) is 49.0 Å². The lowest BCUT2D eigenvalue weighted by molar-refractivity contribution is -0.183. The quantitative estimate of drug-likeness (QED) is 0.749. The molecule has 0 unspecified atom stereocenters. The van der Waals surface area contributed by atoms with Crippen molar-refractivity contribution in [3.05, 3.63) is 64.7 Å². The van der Waals surface area contributed by atoms with Crippen molar-refractivity contribution in [3.8, 4) is 6.07 Å². The number of carbonyl (C=O) groups excluding carboxylic acids is 2. The van der Waals surface area contributed by atoms with Gasteiger partial charge in [-0.25, -0.2) is 9.45 Å². The van der Waals surface area contributed by atoms with Crippen LogP contribution in [0, 0.1) is 29.0 Å². The molecule has 1 atom stereocenters. The lowest BCUT2D eigenvalue weighted by atomic mass is 9.78. The average Bonchev–Trinajstić information content (AvgIpc) is 3.35. The number of rotatable bonds is 5. The minimum Gasteiger partial charge on any atom is -0.355 e. The number of hydroxylamine groups is 2. The Hall–Kier alpha value is -3.31. The standard InChI is InChI=1S/C25H27FN4O3/c1-28-24(31)19-6-7-22(26)20(12-19)10-16-2-4-18(5-3-16)25(32)30-23(8-9-33-30)21-11-17(13-27)14-29-15-21/h6-7,11-12,14-16,18,23H,2-5,8-10H2,1H3,(H,28,31)/t16?,18?,23-/m0/s1. The summed E-state index contributed by atoms with van der Waals surface area (Å²) in [5.74, 6) is -0.457. The van der Waals surface area contributed by atoms with E-state index in [1.54, 1.807) is 25.4 Å². The first-order valence-electron chi connectivity index (χ1n) is 11.3. The molecule has 4 rings (SSSR count). The topological polar surface area (TPSA) is 95.3 Å². The fraction of sp³-hybridized carbons (Fsp3) is 0.440. The minimum absolute atomic E-state index is 0.0360. The number of nitriles is 1. The van der Waals surface area contributed by atoms with E-state index in [0.717, 1.165) is 18.4 Å². The molecule has 1 saturated heterocycles. The number of hydrogen-bond acceptors (Lipinski definition) is 5. The molecule has 1 aromatic carbocycles. The highest BCUT2D eigenvalue weighted by Gasteiger charge is 2.37. The van der Waals surface area contributed by atoms with Crippen molar-refractivity contribution in [2.75, 3.05) is 13.7 Å². The van der Waals surface area contributed by atoms with Gasteiger partial charge in [0, 0.05) is 37.3 Å². The van der Waals surface area contributed by atoms with Gasteiger partial charge in [-0.15, -0.1) is 0 Å². The van der Waals surface area contributed by atoms with E-state index < -0.39 is 0 Å². The van der Waals surface area contributed by atoms with Gasteiger partial charge in [0.1, 0.15) is 11.9 Å². The molecule has 1 aliphatic heterocycles. The van der Waals surface area contributed by atoms with Gasteiger partial charge in [-0.2, -0.15) is 5.26 Å². The lowest BCUT2D eigenvalue weighted by Gasteiger charge is -2.32. The fourth-order valence-electron chi connectivity index (χ4n) is 4.81. The van der Waals surface area contributed by atoms with Crippen LogP contribution in [0.4, 0.5) is 4.39 Å². The average molecular weight is 451 g/mol. The maximum atomic E-state index is 14.3. The summed E-state index contributed by atoms with van der Waals surface area (Å²) in [4.78, 5) is 34.9. The monoisotopic (exact) mass is 450 g/mol. The predicted molar refractivity (Wildman–Crippen MR) is 118 cm³/mol. The van der Waals surface area contributed by atoms with Crippen LogP contribution in [0.15, 0.2) is 36.7 Å². The van der Waals surface area contributed by atoms with Crippen LogP contribution in [-0.2, 0) is 16.1 Å². The molecule has 1 aromatic heterocycles. The number of carbonyl (C=O) groups is 2. The summed E-state index contributed by atoms with van der Waals surface area (Å²) < 4.78 is 14.3. The van der Waals surface area contributed by atoms with Crippen molar-refractivity contribution in [2.45, 2.75) is 44.6 Å². The van der Waals surface area contributed by atoms with E-state index in [9.17, 15) is 14.0 Å². The van der Waals surface area contributed by atoms with Crippen LogP contribution in [0.1, 0.15) is 65.2 Å². The lowest BCUT2D eigenvalue weighted by Crippen LogP contribution is -2.36. The van der Waals surface area contributed by atoms with Gasteiger partial charge in [0.2, 0.25) is 5.91 Å². The molecule has 2 heterocycles. The van der Waals surface area contributed by atoms with Crippen LogP contribution in [0.3, 0.4) is 0 Å². The number of nitrogens with one attached hydrogen (secondary N) is 1. The third-order valence-corrected chi connectivity index (χ3v) is 6.63. The zero-order valence-electron chi connectivity index (χ0n) is 18.6. The second kappa shape index (κ2) is 10.1. The first-order chi connectivity index (χ1) is 16.0. The Morgan fingerprint density at radius 1 is 1.21 bits per heavy atom. The number of benzene rings is 1. The van der Waals surface area contributed by atoms with E-state index in [-0.39, 0.29) is 35.5 Å². The Balaban J connectivity index is 1.37. The van der Waals surface area contributed by atoms with Gasteiger partial charge in [0.25, 0.3) is 5.91 Å². The van der Waals surface area contributed by atoms with E-state index in [1.165, 1.54) is 23.4 Å². The molecule has 8 heteroatoms. The van der Waals surface area contributed by atoms with Gasteiger partial charge in [-0.3, -0.25) is 19.4 Å². The third kappa shape index (κ3) is 5.04. The van der Waals surface area contributed by atoms with Gasteiger partial charge in [-0.1, -0.05) is 0 Å². The molecule has 0 spiro atoms. The molecular weight excluding hydrogens is 423 g/mol. The molecule has 7 nitrogen and oxygen atoms in total. The largest absolute Gasteiger partial charge is 0.355 e. The van der Waals surface area contributed by atoms with Crippen LogP contribution in [0.2, 0.25) is 0 Å². The van der Waals surface area contributed by atoms with Crippen molar-refractivity contribution in [1.82, 2.24) is 15.4 Å². The van der Waals surface area contributed by atoms with E-state index in [1.807, 2.05) is 0 Å². The molecule has 2 aromatic rings. The van der Waals surface area contributed by atoms with Crippen molar-refractivity contribution >= 4 is 11.8 Å². The van der Waals surface area contributed by atoms with Crippen molar-refractivity contribution in [3.63, 3.8) is 0 Å². The number of nitrogens with zero attached hydrogens (tertiary/aromatic N) is 3. The van der Waals surface area contributed by atoms with Crippen molar-refractivity contribution < 1.29 is 18.8 Å².